The van der Waals surface area contributed by atoms with E-state index in [0.29, 0.717) is 6.04 Å². The van der Waals surface area contributed by atoms with E-state index < -0.39 is 0 Å². The van der Waals surface area contributed by atoms with E-state index >= 15 is 0 Å². The molecule has 1 aliphatic rings. The molecule has 1 N–H and O–H groups in total. The maximum Gasteiger partial charge on any atom is 0.259 e. The van der Waals surface area contributed by atoms with E-state index in [2.05, 4.69) is 23.7 Å². The van der Waals surface area contributed by atoms with Gasteiger partial charge < -0.3 is 14.8 Å². The van der Waals surface area contributed by atoms with Crippen LogP contribution < -0.4 is 5.43 Å². The molecular formula is C16H25N3O2. The van der Waals surface area contributed by atoms with E-state index in [1.54, 1.807) is 18.9 Å². The van der Waals surface area contributed by atoms with E-state index in [1.807, 2.05) is 0 Å². The van der Waals surface area contributed by atoms with Crippen LogP contribution in [0.15, 0.2) is 17.1 Å². The fourth-order valence-electron chi connectivity index (χ4n) is 2.89. The minimum absolute atomic E-state index is 0.181. The first-order valence-electron chi connectivity index (χ1n) is 7.60. The Morgan fingerprint density at radius 2 is 2.00 bits per heavy atom. The quantitative estimate of drug-likeness (QED) is 0.921. The third kappa shape index (κ3) is 3.53. The van der Waals surface area contributed by atoms with Crippen molar-refractivity contribution in [2.24, 2.45) is 0 Å². The maximum absolute atomic E-state index is 12.5. The van der Waals surface area contributed by atoms with Crippen molar-refractivity contribution in [3.63, 3.8) is 0 Å². The highest BCUT2D eigenvalue weighted by Gasteiger charge is 2.27. The lowest BCUT2D eigenvalue weighted by Crippen LogP contribution is -2.48. The van der Waals surface area contributed by atoms with Crippen LogP contribution in [0.1, 0.15) is 42.7 Å². The molecule has 0 saturated carbocycles. The zero-order chi connectivity index (χ0) is 15.6. The number of aryl methyl sites for hydroxylation is 1. The smallest absolute Gasteiger partial charge is 0.259 e. The largest absolute Gasteiger partial charge is 0.364 e. The molecule has 0 unspecified atom stereocenters. The van der Waals surface area contributed by atoms with Gasteiger partial charge in [-0.15, -0.1) is 0 Å². The Hall–Kier alpha value is -1.62. The molecule has 0 spiro atoms. The minimum atomic E-state index is -0.206. The van der Waals surface area contributed by atoms with Crippen LogP contribution in [0.3, 0.4) is 0 Å². The number of aromatic nitrogens is 1. The molecule has 1 aliphatic heterocycles. The van der Waals surface area contributed by atoms with Crippen LogP contribution in [-0.4, -0.2) is 52.9 Å². The summed E-state index contributed by atoms with van der Waals surface area (Å²) in [5.41, 5.74) is 0.793. The molecule has 0 aromatic carbocycles. The van der Waals surface area contributed by atoms with Gasteiger partial charge in [0.1, 0.15) is 5.56 Å². The molecule has 5 nitrogen and oxygen atoms in total. The highest BCUT2D eigenvalue weighted by molar-refractivity contribution is 5.93. The Balaban J connectivity index is 2.05. The number of carbonyl (C=O) groups excluding carboxylic acids is 1. The standard InChI is InChI=1S/C16H25N3O2/c1-11(2)19-7-5-13(6-8-19)18(4)16(21)14-10-17-12(3)9-15(14)20/h9-11,13H,5-8H2,1-4H3,(H,17,20). The Labute approximate surface area is 126 Å². The predicted molar refractivity (Wildman–Crippen MR) is 83.6 cm³/mol. The third-order valence-corrected chi connectivity index (χ3v) is 4.39. The van der Waals surface area contributed by atoms with Crippen LogP contribution >= 0.6 is 0 Å². The zero-order valence-electron chi connectivity index (χ0n) is 13.3. The second-order valence-corrected chi connectivity index (χ2v) is 6.17. The van der Waals surface area contributed by atoms with E-state index in [-0.39, 0.29) is 22.9 Å². The summed E-state index contributed by atoms with van der Waals surface area (Å²) < 4.78 is 0. The van der Waals surface area contributed by atoms with Gasteiger partial charge in [-0.25, -0.2) is 0 Å². The molecule has 2 rings (SSSR count). The summed E-state index contributed by atoms with van der Waals surface area (Å²) in [6, 6.07) is 2.24. The number of aromatic amines is 1. The van der Waals surface area contributed by atoms with Crippen molar-refractivity contribution >= 4 is 5.91 Å². The van der Waals surface area contributed by atoms with Gasteiger partial charge in [-0.05, 0) is 33.6 Å². The molecule has 0 radical (unpaired) electrons. The van der Waals surface area contributed by atoms with Crippen LogP contribution in [-0.2, 0) is 0 Å². The minimum Gasteiger partial charge on any atom is -0.364 e. The molecule has 1 aromatic rings. The summed E-state index contributed by atoms with van der Waals surface area (Å²) >= 11 is 0. The van der Waals surface area contributed by atoms with Crippen LogP contribution in [0, 0.1) is 6.92 Å². The first-order valence-corrected chi connectivity index (χ1v) is 7.60. The van der Waals surface area contributed by atoms with Crippen molar-refractivity contribution in [1.82, 2.24) is 14.8 Å². The number of carbonyl (C=O) groups is 1. The lowest BCUT2D eigenvalue weighted by molar-refractivity contribution is 0.0614. The van der Waals surface area contributed by atoms with Gasteiger partial charge in [-0.1, -0.05) is 0 Å². The number of pyridine rings is 1. The predicted octanol–water partition coefficient (Wildman–Crippen LogP) is 1.63. The second kappa shape index (κ2) is 6.43. The molecule has 5 heteroatoms. The fraction of sp³-hybridized carbons (Fsp3) is 0.625. The van der Waals surface area contributed by atoms with Crippen LogP contribution in [0.4, 0.5) is 0 Å². The lowest BCUT2D eigenvalue weighted by atomic mass is 10.0. The van der Waals surface area contributed by atoms with Gasteiger partial charge in [-0.2, -0.15) is 0 Å². The van der Waals surface area contributed by atoms with Crippen LogP contribution in [0.5, 0.6) is 0 Å². The molecule has 0 bridgehead atoms. The van der Waals surface area contributed by atoms with Crippen molar-refractivity contribution in [2.75, 3.05) is 20.1 Å². The van der Waals surface area contributed by atoms with Crippen molar-refractivity contribution in [3.8, 4) is 0 Å². The molecule has 1 fully saturated rings. The zero-order valence-corrected chi connectivity index (χ0v) is 13.3. The van der Waals surface area contributed by atoms with E-state index in [0.717, 1.165) is 31.6 Å². The van der Waals surface area contributed by atoms with Crippen LogP contribution in [0.2, 0.25) is 0 Å². The number of nitrogens with one attached hydrogen (secondary N) is 1. The highest BCUT2D eigenvalue weighted by atomic mass is 16.2. The molecule has 116 valence electrons. The molecule has 0 atom stereocenters. The van der Waals surface area contributed by atoms with Crippen LogP contribution in [0.25, 0.3) is 0 Å². The van der Waals surface area contributed by atoms with Gasteiger partial charge in [-0.3, -0.25) is 9.59 Å². The molecule has 1 saturated heterocycles. The Bertz CT molecular complexity index is 557. The Morgan fingerprint density at radius 1 is 1.38 bits per heavy atom. The average molecular weight is 291 g/mol. The van der Waals surface area contributed by atoms with Crippen molar-refractivity contribution in [1.29, 1.82) is 0 Å². The van der Waals surface area contributed by atoms with E-state index in [4.69, 9.17) is 0 Å². The van der Waals surface area contributed by atoms with E-state index in [9.17, 15) is 9.59 Å². The SMILES string of the molecule is Cc1cc(=O)c(C(=O)N(C)C2CCN(C(C)C)CC2)c[nH]1. The lowest BCUT2D eigenvalue weighted by Gasteiger charge is -2.38. The summed E-state index contributed by atoms with van der Waals surface area (Å²) in [7, 11) is 1.80. The number of rotatable bonds is 3. The number of hydrogen-bond acceptors (Lipinski definition) is 3. The second-order valence-electron chi connectivity index (χ2n) is 6.17. The van der Waals surface area contributed by atoms with Gasteiger partial charge in [0, 0.05) is 50.2 Å². The average Bonchev–Trinajstić information content (AvgIpc) is 2.46. The number of H-pyrrole nitrogens is 1. The molecule has 1 aromatic heterocycles. The maximum atomic E-state index is 12.5. The van der Waals surface area contributed by atoms with Gasteiger partial charge in [0.25, 0.3) is 5.91 Å². The Kier molecular flexibility index (Phi) is 4.83. The fourth-order valence-corrected chi connectivity index (χ4v) is 2.89. The van der Waals surface area contributed by atoms with Gasteiger partial charge in [0.15, 0.2) is 5.43 Å². The normalized spacial score (nSPS) is 17.2. The number of nitrogens with zero attached hydrogens (tertiary/aromatic N) is 2. The number of amides is 1. The summed E-state index contributed by atoms with van der Waals surface area (Å²) in [6.07, 6.45) is 3.45. The molecular weight excluding hydrogens is 266 g/mol. The highest BCUT2D eigenvalue weighted by Crippen LogP contribution is 2.18. The summed E-state index contributed by atoms with van der Waals surface area (Å²) in [5, 5.41) is 0. The molecule has 0 aliphatic carbocycles. The summed E-state index contributed by atoms with van der Waals surface area (Å²) in [5.74, 6) is -0.181. The van der Waals surface area contributed by atoms with Gasteiger partial charge in [0.05, 0.1) is 0 Å². The number of piperidine rings is 1. The number of hydrogen-bond donors (Lipinski definition) is 1. The number of likely N-dealkylation sites (tertiary alicyclic amines) is 1. The molecule has 2 heterocycles. The monoisotopic (exact) mass is 291 g/mol. The molecule has 1 amide bonds. The van der Waals surface area contributed by atoms with Crippen molar-refractivity contribution < 1.29 is 4.79 Å². The Morgan fingerprint density at radius 3 is 2.52 bits per heavy atom. The molecule has 21 heavy (non-hydrogen) atoms. The van der Waals surface area contributed by atoms with Gasteiger partial charge >= 0.3 is 0 Å². The van der Waals surface area contributed by atoms with Crippen molar-refractivity contribution in [3.05, 3.63) is 33.7 Å². The topological polar surface area (TPSA) is 56.4 Å². The summed E-state index contributed by atoms with van der Waals surface area (Å²) in [6.45, 7) is 8.21. The first kappa shape index (κ1) is 15.8. The van der Waals surface area contributed by atoms with E-state index in [1.165, 1.54) is 12.3 Å². The van der Waals surface area contributed by atoms with Gasteiger partial charge in [0.2, 0.25) is 0 Å². The first-order chi connectivity index (χ1) is 9.90. The third-order valence-electron chi connectivity index (χ3n) is 4.39. The summed E-state index contributed by atoms with van der Waals surface area (Å²) in [4.78, 5) is 31.5. The van der Waals surface area contributed by atoms with Crippen molar-refractivity contribution in [2.45, 2.75) is 45.7 Å².